The quantitative estimate of drug-likeness (QED) is 0.915. The highest BCUT2D eigenvalue weighted by Crippen LogP contribution is 2.39. The third-order valence-corrected chi connectivity index (χ3v) is 5.36. The van der Waals surface area contributed by atoms with Crippen LogP contribution >= 0.6 is 0 Å². The van der Waals surface area contributed by atoms with Crippen LogP contribution in [0.4, 0.5) is 0 Å². The number of ether oxygens (including phenoxy) is 1. The molecule has 23 heavy (non-hydrogen) atoms. The maximum absolute atomic E-state index is 12.2. The van der Waals surface area contributed by atoms with Gasteiger partial charge in [0.1, 0.15) is 17.1 Å². The molecule has 1 aliphatic carbocycles. The van der Waals surface area contributed by atoms with Crippen LogP contribution < -0.4 is 10.1 Å². The van der Waals surface area contributed by atoms with E-state index in [1.165, 1.54) is 25.7 Å². The summed E-state index contributed by atoms with van der Waals surface area (Å²) in [7, 11) is 1.69. The molecular formula is C18H23N3O2. The van der Waals surface area contributed by atoms with Crippen LogP contribution in [0.1, 0.15) is 60.9 Å². The van der Waals surface area contributed by atoms with Crippen LogP contribution in [-0.4, -0.2) is 29.5 Å². The van der Waals surface area contributed by atoms with E-state index in [4.69, 9.17) is 9.72 Å². The lowest BCUT2D eigenvalue weighted by atomic mass is 9.92. The topological polar surface area (TPSA) is 67.0 Å². The van der Waals surface area contributed by atoms with Gasteiger partial charge in [0, 0.05) is 12.5 Å². The highest BCUT2D eigenvalue weighted by molar-refractivity contribution is 5.94. The average molecular weight is 313 g/mol. The number of H-pyrrole nitrogens is 1. The predicted molar refractivity (Wildman–Crippen MR) is 89.0 cm³/mol. The van der Waals surface area contributed by atoms with Crippen molar-refractivity contribution in [1.29, 1.82) is 0 Å². The van der Waals surface area contributed by atoms with Crippen molar-refractivity contribution < 1.29 is 9.53 Å². The molecule has 0 spiro atoms. The van der Waals surface area contributed by atoms with Gasteiger partial charge in [-0.2, -0.15) is 0 Å². The molecule has 5 heteroatoms. The molecule has 1 saturated carbocycles. The predicted octanol–water partition coefficient (Wildman–Crippen LogP) is 3.14. The number of rotatable bonds is 3. The maximum Gasteiger partial charge on any atom is 0.227 e. The Morgan fingerprint density at radius 3 is 2.70 bits per heavy atom. The van der Waals surface area contributed by atoms with E-state index in [0.29, 0.717) is 5.92 Å². The van der Waals surface area contributed by atoms with Crippen LogP contribution in [0.3, 0.4) is 0 Å². The Labute approximate surface area is 135 Å². The molecule has 122 valence electrons. The molecule has 2 aliphatic rings. The molecular weight excluding hydrogens is 290 g/mol. The minimum absolute atomic E-state index is 0.0943. The fraction of sp³-hybridized carbons (Fsp3) is 0.556. The second-order valence-electron chi connectivity index (χ2n) is 6.77. The van der Waals surface area contributed by atoms with Gasteiger partial charge in [-0.1, -0.05) is 12.8 Å². The Bertz CT molecular complexity index is 759. The lowest BCUT2D eigenvalue weighted by molar-refractivity contribution is -0.120. The van der Waals surface area contributed by atoms with Crippen molar-refractivity contribution in [3.05, 3.63) is 23.0 Å². The number of aryl methyl sites for hydroxylation is 1. The fourth-order valence-corrected chi connectivity index (χ4v) is 4.16. The molecule has 1 aromatic carbocycles. The first-order valence-corrected chi connectivity index (χ1v) is 8.54. The fourth-order valence-electron chi connectivity index (χ4n) is 4.16. The number of carbonyl (C=O) groups is 1. The summed E-state index contributed by atoms with van der Waals surface area (Å²) in [5.74, 6) is 2.41. The molecule has 0 bridgehead atoms. The van der Waals surface area contributed by atoms with Crippen LogP contribution in [-0.2, 0) is 4.79 Å². The van der Waals surface area contributed by atoms with Crippen molar-refractivity contribution in [2.45, 2.75) is 50.9 Å². The molecule has 2 heterocycles. The SMILES string of the molecule is COc1cc(C)c(C2CCNC2=O)c2nc(C3CCCC3)[nH]c12. The van der Waals surface area contributed by atoms with E-state index in [0.717, 1.165) is 46.7 Å². The molecule has 2 fully saturated rings. The van der Waals surface area contributed by atoms with E-state index in [1.54, 1.807) is 7.11 Å². The molecule has 1 aliphatic heterocycles. The summed E-state index contributed by atoms with van der Waals surface area (Å²) in [5.41, 5.74) is 4.01. The number of hydrogen-bond acceptors (Lipinski definition) is 3. The van der Waals surface area contributed by atoms with Gasteiger partial charge in [0.2, 0.25) is 5.91 Å². The van der Waals surface area contributed by atoms with E-state index in [2.05, 4.69) is 10.3 Å². The van der Waals surface area contributed by atoms with E-state index in [-0.39, 0.29) is 11.8 Å². The Hall–Kier alpha value is -2.04. The van der Waals surface area contributed by atoms with Crippen LogP contribution in [0.5, 0.6) is 5.75 Å². The number of nitrogens with one attached hydrogen (secondary N) is 2. The van der Waals surface area contributed by atoms with E-state index >= 15 is 0 Å². The number of aromatic amines is 1. The van der Waals surface area contributed by atoms with Crippen molar-refractivity contribution >= 4 is 16.9 Å². The van der Waals surface area contributed by atoms with Crippen LogP contribution in [0.15, 0.2) is 6.07 Å². The zero-order valence-electron chi connectivity index (χ0n) is 13.7. The van der Waals surface area contributed by atoms with E-state index < -0.39 is 0 Å². The smallest absolute Gasteiger partial charge is 0.227 e. The van der Waals surface area contributed by atoms with Gasteiger partial charge < -0.3 is 15.0 Å². The molecule has 5 nitrogen and oxygen atoms in total. The molecule has 1 saturated heterocycles. The zero-order chi connectivity index (χ0) is 16.0. The van der Waals surface area contributed by atoms with Crippen molar-refractivity contribution in [2.75, 3.05) is 13.7 Å². The summed E-state index contributed by atoms with van der Waals surface area (Å²) < 4.78 is 5.56. The largest absolute Gasteiger partial charge is 0.494 e. The van der Waals surface area contributed by atoms with Gasteiger partial charge in [0.25, 0.3) is 0 Å². The van der Waals surface area contributed by atoms with Gasteiger partial charge in [-0.05, 0) is 43.4 Å². The van der Waals surface area contributed by atoms with Gasteiger partial charge >= 0.3 is 0 Å². The molecule has 4 rings (SSSR count). The normalized spacial score (nSPS) is 22.0. The number of amides is 1. The number of hydrogen-bond donors (Lipinski definition) is 2. The number of carbonyl (C=O) groups excluding carboxylic acids is 1. The minimum Gasteiger partial charge on any atom is -0.494 e. The third kappa shape index (κ3) is 2.30. The molecule has 1 amide bonds. The summed E-state index contributed by atoms with van der Waals surface area (Å²) in [6.45, 7) is 2.79. The number of benzene rings is 1. The number of fused-ring (bicyclic) bond motifs is 1. The summed E-state index contributed by atoms with van der Waals surface area (Å²) in [6, 6.07) is 2.03. The molecule has 1 aromatic heterocycles. The number of aromatic nitrogens is 2. The van der Waals surface area contributed by atoms with Crippen LogP contribution in [0.25, 0.3) is 11.0 Å². The highest BCUT2D eigenvalue weighted by Gasteiger charge is 2.31. The maximum atomic E-state index is 12.2. The van der Waals surface area contributed by atoms with Crippen molar-refractivity contribution in [1.82, 2.24) is 15.3 Å². The molecule has 0 radical (unpaired) electrons. The van der Waals surface area contributed by atoms with Crippen molar-refractivity contribution in [3.63, 3.8) is 0 Å². The average Bonchev–Trinajstić information content (AvgIpc) is 3.26. The zero-order valence-corrected chi connectivity index (χ0v) is 13.7. The standard InChI is InChI=1S/C18H23N3O2/c1-10-9-13(23-2)15-16(14(10)12-7-8-19-18(12)22)21-17(20-15)11-5-3-4-6-11/h9,11-12H,3-8H2,1-2H3,(H,19,22)(H,20,21). The lowest BCUT2D eigenvalue weighted by Crippen LogP contribution is -2.18. The first-order valence-electron chi connectivity index (χ1n) is 8.54. The Kier molecular flexibility index (Phi) is 3.51. The first kappa shape index (κ1) is 14.5. The van der Waals surface area contributed by atoms with E-state index in [1.807, 2.05) is 13.0 Å². The summed E-state index contributed by atoms with van der Waals surface area (Å²) in [4.78, 5) is 20.6. The van der Waals surface area contributed by atoms with Crippen LogP contribution in [0.2, 0.25) is 0 Å². The number of imidazole rings is 1. The Balaban J connectivity index is 1.90. The van der Waals surface area contributed by atoms with Crippen LogP contribution in [0, 0.1) is 6.92 Å². The van der Waals surface area contributed by atoms with Gasteiger partial charge in [-0.15, -0.1) is 0 Å². The van der Waals surface area contributed by atoms with Crippen molar-refractivity contribution in [2.24, 2.45) is 0 Å². The van der Waals surface area contributed by atoms with E-state index in [9.17, 15) is 4.79 Å². The Morgan fingerprint density at radius 1 is 1.26 bits per heavy atom. The monoisotopic (exact) mass is 313 g/mol. The lowest BCUT2D eigenvalue weighted by Gasteiger charge is -2.13. The highest BCUT2D eigenvalue weighted by atomic mass is 16.5. The van der Waals surface area contributed by atoms with Gasteiger partial charge in [-0.25, -0.2) is 4.98 Å². The molecule has 1 unspecified atom stereocenters. The number of nitrogens with zero attached hydrogens (tertiary/aromatic N) is 1. The number of methoxy groups -OCH3 is 1. The summed E-state index contributed by atoms with van der Waals surface area (Å²) >= 11 is 0. The second kappa shape index (κ2) is 5.55. The van der Waals surface area contributed by atoms with Gasteiger partial charge in [0.15, 0.2) is 0 Å². The Morgan fingerprint density at radius 2 is 2.04 bits per heavy atom. The van der Waals surface area contributed by atoms with Gasteiger partial charge in [-0.3, -0.25) is 4.79 Å². The molecule has 2 N–H and O–H groups in total. The summed E-state index contributed by atoms with van der Waals surface area (Å²) in [6.07, 6.45) is 5.78. The summed E-state index contributed by atoms with van der Waals surface area (Å²) in [5, 5.41) is 2.94. The minimum atomic E-state index is -0.0943. The first-order chi connectivity index (χ1) is 11.2. The second-order valence-corrected chi connectivity index (χ2v) is 6.77. The van der Waals surface area contributed by atoms with Gasteiger partial charge in [0.05, 0.1) is 18.5 Å². The molecule has 1 atom stereocenters. The van der Waals surface area contributed by atoms with Crippen molar-refractivity contribution in [3.8, 4) is 5.75 Å². The molecule has 2 aromatic rings. The third-order valence-electron chi connectivity index (χ3n) is 5.36.